The third kappa shape index (κ3) is 2.22. The van der Waals surface area contributed by atoms with Crippen LogP contribution in [0.2, 0.25) is 0 Å². The topological polar surface area (TPSA) is 78.2 Å². The van der Waals surface area contributed by atoms with E-state index < -0.39 is 0 Å². The maximum atomic E-state index is 10.4. The zero-order valence-corrected chi connectivity index (χ0v) is 13.5. The molecule has 0 bridgehead atoms. The third-order valence-electron chi connectivity index (χ3n) is 6.83. The van der Waals surface area contributed by atoms with Crippen molar-refractivity contribution in [1.29, 1.82) is 0 Å². The van der Waals surface area contributed by atoms with Gasteiger partial charge in [0.1, 0.15) is 11.0 Å². The highest BCUT2D eigenvalue weighted by molar-refractivity contribution is 5.40. The van der Waals surface area contributed by atoms with Gasteiger partial charge in [0, 0.05) is 4.91 Å². The maximum Gasteiger partial charge on any atom is 0.137 e. The molecule has 5 nitrogen and oxygen atoms in total. The molecule has 2 fully saturated rings. The van der Waals surface area contributed by atoms with E-state index in [2.05, 4.69) is 23.2 Å². The fraction of sp³-hybridized carbons (Fsp3) is 0.667. The Morgan fingerprint density at radius 3 is 3.00 bits per heavy atom. The van der Waals surface area contributed by atoms with Crippen LogP contribution in [0.1, 0.15) is 56.1 Å². The van der Waals surface area contributed by atoms with Gasteiger partial charge in [-0.3, -0.25) is 0 Å². The molecule has 3 aliphatic carbocycles. The van der Waals surface area contributed by atoms with Crippen LogP contribution in [-0.4, -0.2) is 11.2 Å². The standard InChI is InChI=1S/C18H23N3O2/c1-18-9-8-14-13-5-3-12(23-21-20-19)10-11(13)2-4-15(14)16(18)6-7-17(18)22/h3,5,10,14-17,22H,2,4,6-9H2,1H3/t14-,15-,16+,17+,18+/m1/s1. The molecule has 0 radical (unpaired) electrons. The molecule has 0 heterocycles. The minimum absolute atomic E-state index is 0.116. The number of hydrogen-bond acceptors (Lipinski definition) is 3. The molecule has 0 unspecified atom stereocenters. The van der Waals surface area contributed by atoms with Gasteiger partial charge in [-0.05, 0) is 90.5 Å². The number of nitrogens with zero attached hydrogens (tertiary/aromatic N) is 3. The van der Waals surface area contributed by atoms with Gasteiger partial charge in [-0.25, -0.2) is 0 Å². The Labute approximate surface area is 136 Å². The summed E-state index contributed by atoms with van der Waals surface area (Å²) in [5.74, 6) is 2.58. The summed E-state index contributed by atoms with van der Waals surface area (Å²) in [6.45, 7) is 2.30. The Kier molecular flexibility index (Phi) is 3.51. The number of benzene rings is 1. The predicted octanol–water partition coefficient (Wildman–Crippen LogP) is 4.51. The average molecular weight is 313 g/mol. The molecule has 2 saturated carbocycles. The molecule has 0 saturated heterocycles. The van der Waals surface area contributed by atoms with Crippen molar-refractivity contribution < 1.29 is 9.94 Å². The number of aryl methyl sites for hydroxylation is 1. The van der Waals surface area contributed by atoms with Crippen molar-refractivity contribution in [2.75, 3.05) is 0 Å². The molecule has 4 rings (SSSR count). The highest BCUT2D eigenvalue weighted by Crippen LogP contribution is 2.60. The molecule has 3 aliphatic rings. The lowest BCUT2D eigenvalue weighted by Crippen LogP contribution is -2.43. The van der Waals surface area contributed by atoms with Gasteiger partial charge in [-0.15, -0.1) is 0 Å². The minimum Gasteiger partial charge on any atom is -0.394 e. The fourth-order valence-electron chi connectivity index (χ4n) is 5.65. The summed E-state index contributed by atoms with van der Waals surface area (Å²) in [5, 5.41) is 13.6. The van der Waals surface area contributed by atoms with E-state index >= 15 is 0 Å². The van der Waals surface area contributed by atoms with Gasteiger partial charge < -0.3 is 9.94 Å². The average Bonchev–Trinajstić information content (AvgIpc) is 2.88. The molecule has 1 aromatic carbocycles. The van der Waals surface area contributed by atoms with E-state index in [-0.39, 0.29) is 11.5 Å². The van der Waals surface area contributed by atoms with Gasteiger partial charge in [0.15, 0.2) is 0 Å². The summed E-state index contributed by atoms with van der Waals surface area (Å²) in [4.78, 5) is 7.67. The summed E-state index contributed by atoms with van der Waals surface area (Å²) in [6, 6.07) is 6.09. The summed E-state index contributed by atoms with van der Waals surface area (Å²) in [6.07, 6.45) is 6.55. The second kappa shape index (κ2) is 5.43. The maximum absolute atomic E-state index is 10.4. The zero-order valence-electron chi connectivity index (χ0n) is 13.5. The Bertz CT molecular complexity index is 670. The van der Waals surface area contributed by atoms with Gasteiger partial charge in [-0.2, -0.15) is 0 Å². The van der Waals surface area contributed by atoms with Crippen LogP contribution < -0.4 is 4.84 Å². The van der Waals surface area contributed by atoms with Crippen LogP contribution in [0.15, 0.2) is 23.5 Å². The molecule has 0 aliphatic heterocycles. The summed E-state index contributed by atoms with van der Waals surface area (Å²) >= 11 is 0. The number of aliphatic hydroxyl groups excluding tert-OH is 1. The van der Waals surface area contributed by atoms with Crippen molar-refractivity contribution in [3.63, 3.8) is 0 Å². The van der Waals surface area contributed by atoms with Gasteiger partial charge in [0.25, 0.3) is 0 Å². The molecule has 0 amide bonds. The number of azide groups is 1. The van der Waals surface area contributed by atoms with Gasteiger partial charge in [0.05, 0.1) is 6.10 Å². The predicted molar refractivity (Wildman–Crippen MR) is 86.8 cm³/mol. The highest BCUT2D eigenvalue weighted by Gasteiger charge is 2.54. The third-order valence-corrected chi connectivity index (χ3v) is 6.83. The lowest BCUT2D eigenvalue weighted by Gasteiger charge is -2.50. The van der Waals surface area contributed by atoms with E-state index in [9.17, 15) is 5.11 Å². The van der Waals surface area contributed by atoms with E-state index in [1.165, 1.54) is 24.0 Å². The minimum atomic E-state index is -0.116. The molecule has 122 valence electrons. The second-order valence-electron chi connectivity index (χ2n) is 7.68. The molecule has 5 heteroatoms. The zero-order chi connectivity index (χ0) is 16.0. The summed E-state index contributed by atoms with van der Waals surface area (Å²) in [7, 11) is 0. The molecule has 23 heavy (non-hydrogen) atoms. The number of aliphatic hydroxyl groups is 1. The van der Waals surface area contributed by atoms with Crippen LogP contribution in [0.3, 0.4) is 0 Å². The Balaban J connectivity index is 1.63. The SMILES string of the molecule is C[C@]12CC[C@@H]3c4ccc(ON=[N+]=[N-])cc4CC[C@H]3[C@@H]1CC[C@@H]2O. The van der Waals surface area contributed by atoms with E-state index in [1.54, 1.807) is 0 Å². The first-order chi connectivity index (χ1) is 11.1. The van der Waals surface area contributed by atoms with Crippen LogP contribution in [0.5, 0.6) is 5.75 Å². The number of rotatable bonds is 2. The fourth-order valence-corrected chi connectivity index (χ4v) is 5.65. The molecular weight excluding hydrogens is 290 g/mol. The van der Waals surface area contributed by atoms with Crippen molar-refractivity contribution in [2.24, 2.45) is 22.5 Å². The Morgan fingerprint density at radius 1 is 1.30 bits per heavy atom. The molecule has 1 N–H and O–H groups in total. The molecule has 0 aromatic heterocycles. The molecular formula is C18H23N3O2. The van der Waals surface area contributed by atoms with Gasteiger partial charge in [-0.1, -0.05) is 13.0 Å². The number of hydrogen-bond donors (Lipinski definition) is 1. The lowest BCUT2D eigenvalue weighted by atomic mass is 9.55. The largest absolute Gasteiger partial charge is 0.394 e. The Hall–Kier alpha value is -1.71. The van der Waals surface area contributed by atoms with E-state index in [0.29, 0.717) is 23.5 Å². The van der Waals surface area contributed by atoms with Crippen LogP contribution in [0.25, 0.3) is 10.4 Å². The quantitative estimate of drug-likeness (QED) is 0.377. The summed E-state index contributed by atoms with van der Waals surface area (Å²) in [5.41, 5.74) is 11.3. The summed E-state index contributed by atoms with van der Waals surface area (Å²) < 4.78 is 0. The van der Waals surface area contributed by atoms with Crippen molar-refractivity contribution in [2.45, 2.75) is 57.5 Å². The number of fused-ring (bicyclic) bond motifs is 5. The van der Waals surface area contributed by atoms with Gasteiger partial charge in [0.2, 0.25) is 0 Å². The van der Waals surface area contributed by atoms with Crippen LogP contribution in [0.4, 0.5) is 0 Å². The smallest absolute Gasteiger partial charge is 0.137 e. The van der Waals surface area contributed by atoms with Crippen LogP contribution >= 0.6 is 0 Å². The molecule has 1 aromatic rings. The van der Waals surface area contributed by atoms with Crippen molar-refractivity contribution in [3.8, 4) is 5.75 Å². The molecule has 5 atom stereocenters. The first-order valence-electron chi connectivity index (χ1n) is 8.66. The van der Waals surface area contributed by atoms with E-state index in [4.69, 9.17) is 10.4 Å². The van der Waals surface area contributed by atoms with E-state index in [0.717, 1.165) is 25.7 Å². The first kappa shape index (κ1) is 14.9. The van der Waals surface area contributed by atoms with Crippen molar-refractivity contribution in [1.82, 2.24) is 0 Å². The second-order valence-corrected chi connectivity index (χ2v) is 7.68. The lowest BCUT2D eigenvalue weighted by molar-refractivity contribution is -0.0226. The monoisotopic (exact) mass is 313 g/mol. The van der Waals surface area contributed by atoms with Crippen molar-refractivity contribution >= 4 is 0 Å². The first-order valence-corrected chi connectivity index (χ1v) is 8.66. The normalized spacial score (nSPS) is 38.0. The van der Waals surface area contributed by atoms with Crippen LogP contribution in [0, 0.1) is 17.3 Å². The Morgan fingerprint density at radius 2 is 2.17 bits per heavy atom. The molecule has 0 spiro atoms. The van der Waals surface area contributed by atoms with Crippen molar-refractivity contribution in [3.05, 3.63) is 39.8 Å². The van der Waals surface area contributed by atoms with Gasteiger partial charge >= 0.3 is 0 Å². The highest BCUT2D eigenvalue weighted by atomic mass is 16.6. The van der Waals surface area contributed by atoms with Crippen LogP contribution in [-0.2, 0) is 6.42 Å². The van der Waals surface area contributed by atoms with E-state index in [1.807, 2.05) is 12.1 Å².